The number of hydrogen-bond acceptors (Lipinski definition) is 6. The Morgan fingerprint density at radius 1 is 1.24 bits per heavy atom. The van der Waals surface area contributed by atoms with Gasteiger partial charge >= 0.3 is 0 Å². The van der Waals surface area contributed by atoms with Crippen molar-refractivity contribution < 1.29 is 19.0 Å². The lowest BCUT2D eigenvalue weighted by molar-refractivity contribution is -0.120. The summed E-state index contributed by atoms with van der Waals surface area (Å²) in [4.78, 5) is 19.7. The van der Waals surface area contributed by atoms with E-state index in [2.05, 4.69) is 15.3 Å². The summed E-state index contributed by atoms with van der Waals surface area (Å²) in [6.07, 6.45) is 3.70. The Hall–Kier alpha value is -2.67. The summed E-state index contributed by atoms with van der Waals surface area (Å²) >= 11 is 0. The lowest BCUT2D eigenvalue weighted by Crippen LogP contribution is -2.40. The third-order valence-electron chi connectivity index (χ3n) is 5.08. The predicted molar refractivity (Wildman–Crippen MR) is 110 cm³/mol. The smallest absolute Gasteiger partial charge is 0.219 e. The van der Waals surface area contributed by atoms with Gasteiger partial charge in [0.25, 0.3) is 0 Å². The molecule has 0 radical (unpaired) electrons. The number of nitrogens with zero attached hydrogens (tertiary/aromatic N) is 2. The Kier molecular flexibility index (Phi) is 7.04. The molecule has 1 fully saturated rings. The standard InChI is InChI=1S/C22H29N3O4/c1-14(25-16(3)26)11-28-20-9-17(10-20)12-29-22-15(2)21(23-13-24-22)18-5-7-19(27-4)8-6-18/h5-8,13-14,17,20H,9-12H2,1-4H3,(H,25,26)/t14-,17?,20?/m0/s1. The molecule has 1 saturated carbocycles. The van der Waals surface area contributed by atoms with E-state index in [0.29, 0.717) is 25.0 Å². The van der Waals surface area contributed by atoms with Crippen molar-refractivity contribution in [1.82, 2.24) is 15.3 Å². The molecular formula is C22H29N3O4. The van der Waals surface area contributed by atoms with Gasteiger partial charge in [0.05, 0.1) is 32.1 Å². The van der Waals surface area contributed by atoms with Gasteiger partial charge < -0.3 is 19.5 Å². The van der Waals surface area contributed by atoms with Gasteiger partial charge in [-0.2, -0.15) is 0 Å². The van der Waals surface area contributed by atoms with E-state index in [1.54, 1.807) is 7.11 Å². The van der Waals surface area contributed by atoms with Crippen molar-refractivity contribution in [2.24, 2.45) is 5.92 Å². The summed E-state index contributed by atoms with van der Waals surface area (Å²) in [6.45, 7) is 6.58. The van der Waals surface area contributed by atoms with Crippen LogP contribution in [0.25, 0.3) is 11.3 Å². The summed E-state index contributed by atoms with van der Waals surface area (Å²) < 4.78 is 17.0. The van der Waals surface area contributed by atoms with E-state index in [0.717, 1.165) is 35.4 Å². The third kappa shape index (κ3) is 5.67. The quantitative estimate of drug-likeness (QED) is 0.697. The normalized spacial score (nSPS) is 19.2. The average Bonchev–Trinajstić information content (AvgIpc) is 2.67. The Morgan fingerprint density at radius 3 is 2.62 bits per heavy atom. The van der Waals surface area contributed by atoms with Crippen LogP contribution in [0, 0.1) is 12.8 Å². The summed E-state index contributed by atoms with van der Waals surface area (Å²) in [6, 6.07) is 7.82. The van der Waals surface area contributed by atoms with Crippen molar-refractivity contribution in [3.63, 3.8) is 0 Å². The van der Waals surface area contributed by atoms with Crippen molar-refractivity contribution in [3.8, 4) is 22.9 Å². The second-order valence-electron chi connectivity index (χ2n) is 7.59. The van der Waals surface area contributed by atoms with Gasteiger partial charge in [-0.25, -0.2) is 9.97 Å². The molecule has 1 N–H and O–H groups in total. The Labute approximate surface area is 171 Å². The largest absolute Gasteiger partial charge is 0.497 e. The first-order chi connectivity index (χ1) is 14.0. The SMILES string of the molecule is COc1ccc(-c2ncnc(OCC3CC(OC[C@H](C)NC(C)=O)C3)c2C)cc1. The molecule has 1 amide bonds. The molecule has 1 heterocycles. The van der Waals surface area contributed by atoms with Crippen LogP contribution < -0.4 is 14.8 Å². The first kappa shape index (κ1) is 21.0. The predicted octanol–water partition coefficient (Wildman–Crippen LogP) is 3.16. The van der Waals surface area contributed by atoms with Gasteiger partial charge in [0, 0.05) is 24.1 Å². The van der Waals surface area contributed by atoms with Crippen LogP contribution in [0.3, 0.4) is 0 Å². The van der Waals surface area contributed by atoms with Crippen LogP contribution in [0.15, 0.2) is 30.6 Å². The molecule has 29 heavy (non-hydrogen) atoms. The first-order valence-corrected chi connectivity index (χ1v) is 9.93. The molecule has 1 aromatic carbocycles. The highest BCUT2D eigenvalue weighted by Gasteiger charge is 2.31. The highest BCUT2D eigenvalue weighted by atomic mass is 16.5. The number of carbonyl (C=O) groups excluding carboxylic acids is 1. The van der Waals surface area contributed by atoms with Gasteiger partial charge in [0.15, 0.2) is 0 Å². The molecule has 0 unspecified atom stereocenters. The van der Waals surface area contributed by atoms with Crippen molar-refractivity contribution in [3.05, 3.63) is 36.2 Å². The summed E-state index contributed by atoms with van der Waals surface area (Å²) in [5, 5.41) is 2.83. The van der Waals surface area contributed by atoms with E-state index in [-0.39, 0.29) is 18.1 Å². The van der Waals surface area contributed by atoms with E-state index >= 15 is 0 Å². The number of amides is 1. The highest BCUT2D eigenvalue weighted by molar-refractivity contribution is 5.73. The molecule has 2 aromatic rings. The lowest BCUT2D eigenvalue weighted by Gasteiger charge is -2.35. The maximum Gasteiger partial charge on any atom is 0.219 e. The van der Waals surface area contributed by atoms with Crippen LogP contribution in [-0.2, 0) is 9.53 Å². The van der Waals surface area contributed by atoms with Crippen LogP contribution in [0.1, 0.15) is 32.3 Å². The van der Waals surface area contributed by atoms with Crippen molar-refractivity contribution in [2.75, 3.05) is 20.3 Å². The third-order valence-corrected chi connectivity index (χ3v) is 5.08. The van der Waals surface area contributed by atoms with E-state index in [1.807, 2.05) is 38.1 Å². The van der Waals surface area contributed by atoms with Crippen molar-refractivity contribution in [2.45, 2.75) is 45.8 Å². The second-order valence-corrected chi connectivity index (χ2v) is 7.59. The maximum absolute atomic E-state index is 11.0. The van der Waals surface area contributed by atoms with Gasteiger partial charge in [-0.05, 0) is 56.9 Å². The molecule has 3 rings (SSSR count). The molecule has 1 aliphatic rings. The van der Waals surface area contributed by atoms with Gasteiger partial charge in [0.1, 0.15) is 12.1 Å². The van der Waals surface area contributed by atoms with E-state index in [9.17, 15) is 4.79 Å². The zero-order valence-electron chi connectivity index (χ0n) is 17.5. The Bertz CT molecular complexity index is 819. The molecule has 0 bridgehead atoms. The molecule has 0 spiro atoms. The molecule has 0 aliphatic heterocycles. The van der Waals surface area contributed by atoms with Crippen LogP contribution in [-0.4, -0.2) is 48.3 Å². The van der Waals surface area contributed by atoms with E-state index in [1.165, 1.54) is 13.3 Å². The first-order valence-electron chi connectivity index (χ1n) is 9.93. The topological polar surface area (TPSA) is 82.6 Å². The second kappa shape index (κ2) is 9.69. The Morgan fingerprint density at radius 2 is 1.97 bits per heavy atom. The minimum absolute atomic E-state index is 0.0304. The van der Waals surface area contributed by atoms with Gasteiger partial charge in [-0.3, -0.25) is 4.79 Å². The fourth-order valence-corrected chi connectivity index (χ4v) is 3.43. The molecular weight excluding hydrogens is 370 g/mol. The molecule has 7 heteroatoms. The summed E-state index contributed by atoms with van der Waals surface area (Å²) in [5.74, 6) is 1.85. The fourth-order valence-electron chi connectivity index (χ4n) is 3.43. The minimum atomic E-state index is -0.0322. The highest BCUT2D eigenvalue weighted by Crippen LogP contribution is 2.32. The number of methoxy groups -OCH3 is 1. The molecule has 1 aromatic heterocycles. The maximum atomic E-state index is 11.0. The minimum Gasteiger partial charge on any atom is -0.497 e. The van der Waals surface area contributed by atoms with E-state index in [4.69, 9.17) is 14.2 Å². The van der Waals surface area contributed by atoms with Crippen LogP contribution in [0.2, 0.25) is 0 Å². The summed E-state index contributed by atoms with van der Waals surface area (Å²) in [7, 11) is 1.65. The van der Waals surface area contributed by atoms with Crippen molar-refractivity contribution in [1.29, 1.82) is 0 Å². The number of benzene rings is 1. The van der Waals surface area contributed by atoms with E-state index < -0.39 is 0 Å². The van der Waals surface area contributed by atoms with Crippen LogP contribution in [0.4, 0.5) is 0 Å². The number of nitrogens with one attached hydrogen (secondary N) is 1. The van der Waals surface area contributed by atoms with Gasteiger partial charge in [0.2, 0.25) is 11.8 Å². The van der Waals surface area contributed by atoms with Gasteiger partial charge in [-0.1, -0.05) is 0 Å². The number of rotatable bonds is 9. The Balaban J connectivity index is 1.48. The zero-order chi connectivity index (χ0) is 20.8. The number of ether oxygens (including phenoxy) is 3. The fraction of sp³-hybridized carbons (Fsp3) is 0.500. The summed E-state index contributed by atoms with van der Waals surface area (Å²) in [5.41, 5.74) is 2.79. The number of carbonyl (C=O) groups is 1. The molecule has 1 atom stereocenters. The number of aromatic nitrogens is 2. The van der Waals surface area contributed by atoms with Crippen LogP contribution >= 0.6 is 0 Å². The van der Waals surface area contributed by atoms with Crippen molar-refractivity contribution >= 4 is 5.91 Å². The molecule has 0 saturated heterocycles. The van der Waals surface area contributed by atoms with Crippen LogP contribution in [0.5, 0.6) is 11.6 Å². The zero-order valence-corrected chi connectivity index (χ0v) is 17.5. The molecule has 156 valence electrons. The lowest BCUT2D eigenvalue weighted by atomic mass is 9.83. The average molecular weight is 399 g/mol. The monoisotopic (exact) mass is 399 g/mol. The van der Waals surface area contributed by atoms with Gasteiger partial charge in [-0.15, -0.1) is 0 Å². The number of hydrogen-bond donors (Lipinski definition) is 1. The molecule has 1 aliphatic carbocycles. The molecule has 7 nitrogen and oxygen atoms in total.